The van der Waals surface area contributed by atoms with Gasteiger partial charge in [0.15, 0.2) is 12.5 Å². The lowest BCUT2D eigenvalue weighted by atomic mass is 9.96. The van der Waals surface area contributed by atoms with Crippen molar-refractivity contribution >= 4 is 67.0 Å². The molecule has 5 N–H and O–H groups in total. The van der Waals surface area contributed by atoms with Crippen molar-refractivity contribution in [2.24, 2.45) is 0 Å². The van der Waals surface area contributed by atoms with Crippen LogP contribution in [0.1, 0.15) is 33.4 Å². The Morgan fingerprint density at radius 2 is 1.73 bits per heavy atom. The second-order valence-electron chi connectivity index (χ2n) is 12.6. The van der Waals surface area contributed by atoms with E-state index in [1.54, 1.807) is 29.8 Å². The fourth-order valence-corrected chi connectivity index (χ4v) is 7.93. The number of carbonyl (C=O) groups is 2. The Labute approximate surface area is 278 Å². The minimum atomic E-state index is -1.52. The minimum absolute atomic E-state index is 0.0970. The second-order valence-corrected chi connectivity index (χ2v) is 13.0. The third kappa shape index (κ3) is 4.47. The number of carbonyl (C=O) groups excluding carboxylic acids is 2. The number of nitrogens with zero attached hydrogens (tertiary/aromatic N) is 2. The Balaban J connectivity index is 1.33. The van der Waals surface area contributed by atoms with Crippen LogP contribution in [0.5, 0.6) is 0 Å². The summed E-state index contributed by atoms with van der Waals surface area (Å²) in [6, 6.07) is 12.5. The molecule has 0 bridgehead atoms. The molecule has 3 aliphatic heterocycles. The van der Waals surface area contributed by atoms with Gasteiger partial charge in [0, 0.05) is 47.6 Å². The predicted octanol–water partition coefficient (Wildman–Crippen LogP) is 2.65. The molecule has 5 aromatic rings. The molecule has 3 aromatic carbocycles. The van der Waals surface area contributed by atoms with Crippen molar-refractivity contribution in [3.05, 3.63) is 58.6 Å². The summed E-state index contributed by atoms with van der Waals surface area (Å²) in [5, 5.41) is 39.4. The highest BCUT2D eigenvalue weighted by molar-refractivity contribution is 6.41. The molecule has 0 saturated carbocycles. The average molecular weight is 679 g/mol. The van der Waals surface area contributed by atoms with Crippen molar-refractivity contribution < 1.29 is 43.9 Å². The summed E-state index contributed by atoms with van der Waals surface area (Å²) < 4.78 is 25.7. The standard InChI is InChI=1S/C34H35ClN4O9/c1-36-18-12-46-21(11-19(18)40)47-13-20-31(45-3)29(41)30(42)34(48-20)39-27-15(8-6-9-16(27)35)23-25-24(32(43)38(2)33(25)44)22-14-7-4-5-10-17(14)37-26(22)28(23)39/h4-10,18-21,29-31,34,36-37,40-42H,11-13H2,1-3H3/t18-,19-,20+,21-,29+,30+,31+,34+/m0/s1. The number of aliphatic hydroxyl groups excluding tert-OH is 3. The maximum absolute atomic E-state index is 13.9. The molecule has 2 amide bonds. The van der Waals surface area contributed by atoms with E-state index in [9.17, 15) is 24.9 Å². The number of rotatable bonds is 6. The third-order valence-corrected chi connectivity index (χ3v) is 10.4. The van der Waals surface area contributed by atoms with E-state index in [2.05, 4.69) is 10.3 Å². The molecule has 48 heavy (non-hydrogen) atoms. The van der Waals surface area contributed by atoms with Gasteiger partial charge in [0.25, 0.3) is 11.8 Å². The summed E-state index contributed by atoms with van der Waals surface area (Å²) in [6.07, 6.45) is -7.27. The molecule has 8 rings (SSSR count). The van der Waals surface area contributed by atoms with E-state index in [4.69, 9.17) is 30.5 Å². The number of nitrogens with one attached hydrogen (secondary N) is 2. The summed E-state index contributed by atoms with van der Waals surface area (Å²) >= 11 is 6.92. The van der Waals surface area contributed by atoms with Gasteiger partial charge in [-0.15, -0.1) is 0 Å². The topological polar surface area (TPSA) is 168 Å². The van der Waals surface area contributed by atoms with Gasteiger partial charge in [-0.05, 0) is 19.2 Å². The smallest absolute Gasteiger partial charge is 0.262 e. The van der Waals surface area contributed by atoms with Gasteiger partial charge in [-0.3, -0.25) is 14.5 Å². The number of amides is 2. The van der Waals surface area contributed by atoms with Crippen LogP contribution in [-0.2, 0) is 18.9 Å². The molecule has 8 atom stereocenters. The van der Waals surface area contributed by atoms with Gasteiger partial charge in [0.05, 0.1) is 58.1 Å². The van der Waals surface area contributed by atoms with E-state index in [1.165, 1.54) is 14.2 Å². The molecular formula is C34H35ClN4O9. The Bertz CT molecular complexity index is 2110. The van der Waals surface area contributed by atoms with E-state index < -0.39 is 54.9 Å². The third-order valence-electron chi connectivity index (χ3n) is 10.1. The number of halogens is 1. The molecule has 2 aromatic heterocycles. The quantitative estimate of drug-likeness (QED) is 0.169. The van der Waals surface area contributed by atoms with Crippen LogP contribution in [-0.4, -0.2) is 119 Å². The molecule has 0 spiro atoms. The normalized spacial score (nSPS) is 29.6. The summed E-state index contributed by atoms with van der Waals surface area (Å²) in [7, 11) is 4.61. The molecule has 0 unspecified atom stereocenters. The van der Waals surface area contributed by atoms with Crippen LogP contribution in [0.25, 0.3) is 43.6 Å². The zero-order valence-corrected chi connectivity index (χ0v) is 27.1. The number of imide groups is 1. The Hall–Kier alpha value is -3.63. The Morgan fingerprint density at radius 3 is 2.46 bits per heavy atom. The van der Waals surface area contributed by atoms with Crippen LogP contribution >= 0.6 is 11.6 Å². The molecule has 2 saturated heterocycles. The summed E-state index contributed by atoms with van der Waals surface area (Å²) in [5.41, 5.74) is 2.72. The number of aromatic nitrogens is 2. The monoisotopic (exact) mass is 678 g/mol. The highest BCUT2D eigenvalue weighted by Crippen LogP contribution is 2.48. The first-order chi connectivity index (χ1) is 23.2. The summed E-state index contributed by atoms with van der Waals surface area (Å²) in [5.74, 6) is -0.882. The molecule has 13 nitrogen and oxygen atoms in total. The number of hydrogen-bond donors (Lipinski definition) is 5. The number of likely N-dealkylation sites (N-methyl/N-ethyl adjacent to an activating group) is 1. The molecule has 14 heteroatoms. The van der Waals surface area contributed by atoms with Gasteiger partial charge < -0.3 is 49.1 Å². The van der Waals surface area contributed by atoms with Gasteiger partial charge in [-0.2, -0.15) is 0 Å². The number of hydrogen-bond acceptors (Lipinski definition) is 10. The first-order valence-electron chi connectivity index (χ1n) is 15.8. The number of benzene rings is 3. The summed E-state index contributed by atoms with van der Waals surface area (Å²) in [4.78, 5) is 32.1. The number of aromatic amines is 1. The molecule has 0 radical (unpaired) electrons. The molecule has 2 fully saturated rings. The number of methoxy groups -OCH3 is 1. The van der Waals surface area contributed by atoms with Crippen molar-refractivity contribution in [1.82, 2.24) is 19.8 Å². The minimum Gasteiger partial charge on any atom is -0.391 e. The highest BCUT2D eigenvalue weighted by Gasteiger charge is 2.48. The maximum atomic E-state index is 13.9. The van der Waals surface area contributed by atoms with Crippen LogP contribution in [0.15, 0.2) is 42.5 Å². The van der Waals surface area contributed by atoms with E-state index in [0.29, 0.717) is 37.7 Å². The Morgan fingerprint density at radius 1 is 1.00 bits per heavy atom. The van der Waals surface area contributed by atoms with E-state index in [-0.39, 0.29) is 36.8 Å². The van der Waals surface area contributed by atoms with Crippen molar-refractivity contribution in [2.45, 2.75) is 55.5 Å². The second kappa shape index (κ2) is 11.8. The first-order valence-corrected chi connectivity index (χ1v) is 16.2. The Kier molecular flexibility index (Phi) is 7.75. The van der Waals surface area contributed by atoms with Crippen LogP contribution in [0, 0.1) is 0 Å². The lowest BCUT2D eigenvalue weighted by Crippen LogP contribution is -2.58. The van der Waals surface area contributed by atoms with Crippen molar-refractivity contribution in [3.8, 4) is 0 Å². The van der Waals surface area contributed by atoms with Crippen LogP contribution in [0.2, 0.25) is 5.02 Å². The molecule has 5 heterocycles. The van der Waals surface area contributed by atoms with Crippen LogP contribution < -0.4 is 5.32 Å². The van der Waals surface area contributed by atoms with Crippen LogP contribution in [0.3, 0.4) is 0 Å². The van der Waals surface area contributed by atoms with E-state index in [0.717, 1.165) is 15.8 Å². The van der Waals surface area contributed by atoms with Crippen LogP contribution in [0.4, 0.5) is 0 Å². The largest absolute Gasteiger partial charge is 0.391 e. The molecule has 252 valence electrons. The van der Waals surface area contributed by atoms with Gasteiger partial charge in [0.2, 0.25) is 0 Å². The number of H-pyrrole nitrogens is 1. The fraction of sp³-hybridized carbons (Fsp3) is 0.412. The van der Waals surface area contributed by atoms with Crippen molar-refractivity contribution in [1.29, 1.82) is 0 Å². The number of para-hydroxylation sites is 2. The van der Waals surface area contributed by atoms with Crippen molar-refractivity contribution in [2.75, 3.05) is 34.4 Å². The average Bonchev–Trinajstić information content (AvgIpc) is 3.70. The summed E-state index contributed by atoms with van der Waals surface area (Å²) in [6.45, 7) is 0.146. The maximum Gasteiger partial charge on any atom is 0.262 e. The zero-order valence-electron chi connectivity index (χ0n) is 26.3. The molecular weight excluding hydrogens is 644 g/mol. The zero-order chi connectivity index (χ0) is 33.6. The first kappa shape index (κ1) is 31.6. The molecule has 0 aliphatic carbocycles. The van der Waals surface area contributed by atoms with Gasteiger partial charge in [-0.1, -0.05) is 41.9 Å². The van der Waals surface area contributed by atoms with Gasteiger partial charge in [0.1, 0.15) is 24.4 Å². The molecule has 3 aliphatic rings. The highest BCUT2D eigenvalue weighted by atomic mass is 35.5. The SMILES string of the molecule is CN[C@H]1CO[C@@H](OC[C@H]2O[C@@H](n3c4c(Cl)cccc4c4c5c(c6c7ccccc7[nH]c6c43)C(=O)N(C)C5=O)[C@H](O)[C@@H](O)[C@@H]2OC)C[C@@H]1O. The number of fused-ring (bicyclic) bond motifs is 10. The fourth-order valence-electron chi connectivity index (χ4n) is 7.66. The van der Waals surface area contributed by atoms with Gasteiger partial charge >= 0.3 is 0 Å². The van der Waals surface area contributed by atoms with Crippen molar-refractivity contribution in [3.63, 3.8) is 0 Å². The lowest BCUT2D eigenvalue weighted by molar-refractivity contribution is -0.275. The number of ether oxygens (including phenoxy) is 4. The van der Waals surface area contributed by atoms with E-state index >= 15 is 0 Å². The van der Waals surface area contributed by atoms with Gasteiger partial charge in [-0.25, -0.2) is 0 Å². The van der Waals surface area contributed by atoms with E-state index in [1.807, 2.05) is 24.3 Å². The predicted molar refractivity (Wildman–Crippen MR) is 176 cm³/mol. The lowest BCUT2D eigenvalue weighted by Gasteiger charge is -2.43. The number of aliphatic hydroxyl groups is 3.